The number of H-pyrrole nitrogens is 1. The maximum absolute atomic E-state index is 13.0. The number of amides is 1. The molecule has 1 aliphatic carbocycles. The summed E-state index contributed by atoms with van der Waals surface area (Å²) in [7, 11) is 6.43. The summed E-state index contributed by atoms with van der Waals surface area (Å²) in [6.45, 7) is 3.89. The summed E-state index contributed by atoms with van der Waals surface area (Å²) in [5, 5.41) is 7.48. The number of aryl methyl sites for hydroxylation is 1. The number of hydrogen-bond donors (Lipinski definition) is 1. The van der Waals surface area contributed by atoms with Gasteiger partial charge in [0.2, 0.25) is 0 Å². The second-order valence-electron chi connectivity index (χ2n) is 7.92. The zero-order valence-electron chi connectivity index (χ0n) is 16.1. The van der Waals surface area contributed by atoms with Crippen molar-refractivity contribution < 1.29 is 4.79 Å². The zero-order chi connectivity index (χ0) is 17.8. The molecule has 0 radical (unpaired) electrons. The van der Waals surface area contributed by atoms with Crippen LogP contribution in [0.3, 0.4) is 0 Å². The van der Waals surface area contributed by atoms with Crippen molar-refractivity contribution in [2.24, 2.45) is 0 Å². The van der Waals surface area contributed by atoms with E-state index in [0.717, 1.165) is 45.4 Å². The van der Waals surface area contributed by atoms with Gasteiger partial charge in [-0.2, -0.15) is 5.10 Å². The van der Waals surface area contributed by atoms with Crippen molar-refractivity contribution in [2.45, 2.75) is 51.0 Å². The Balaban J connectivity index is 1.59. The summed E-state index contributed by atoms with van der Waals surface area (Å²) in [6, 6.07) is 0.467. The van der Waals surface area contributed by atoms with Crippen LogP contribution in [0, 0.1) is 0 Å². The van der Waals surface area contributed by atoms with Crippen LogP contribution in [-0.4, -0.2) is 84.2 Å². The second kappa shape index (κ2) is 8.32. The molecule has 1 atom stereocenters. The average molecular weight is 348 g/mol. The van der Waals surface area contributed by atoms with Crippen LogP contribution in [0.25, 0.3) is 0 Å². The third-order valence-corrected chi connectivity index (χ3v) is 5.68. The van der Waals surface area contributed by atoms with Gasteiger partial charge >= 0.3 is 0 Å². The Morgan fingerprint density at radius 2 is 2.00 bits per heavy atom. The summed E-state index contributed by atoms with van der Waals surface area (Å²) in [6.07, 6.45) is 7.83. The first-order valence-corrected chi connectivity index (χ1v) is 9.76. The Morgan fingerprint density at radius 1 is 1.20 bits per heavy atom. The molecule has 1 saturated heterocycles. The van der Waals surface area contributed by atoms with E-state index in [1.54, 1.807) is 0 Å². The zero-order valence-corrected chi connectivity index (χ0v) is 16.1. The summed E-state index contributed by atoms with van der Waals surface area (Å²) >= 11 is 0. The predicted molar refractivity (Wildman–Crippen MR) is 100.0 cm³/mol. The van der Waals surface area contributed by atoms with Gasteiger partial charge in [-0.15, -0.1) is 0 Å². The number of nitrogens with zero attached hydrogens (tertiary/aromatic N) is 4. The van der Waals surface area contributed by atoms with Crippen LogP contribution in [0.2, 0.25) is 0 Å². The Labute approximate surface area is 151 Å². The minimum absolute atomic E-state index is 0.130. The Morgan fingerprint density at radius 3 is 2.80 bits per heavy atom. The van der Waals surface area contributed by atoms with Crippen LogP contribution in [0.4, 0.5) is 0 Å². The maximum Gasteiger partial charge on any atom is 0.274 e. The highest BCUT2D eigenvalue weighted by Crippen LogP contribution is 2.24. The first-order chi connectivity index (χ1) is 12.1. The van der Waals surface area contributed by atoms with Crippen molar-refractivity contribution >= 4 is 5.91 Å². The number of carbonyl (C=O) groups excluding carboxylic acids is 1. The van der Waals surface area contributed by atoms with E-state index in [2.05, 4.69) is 41.1 Å². The lowest BCUT2D eigenvalue weighted by Gasteiger charge is -2.37. The summed E-state index contributed by atoms with van der Waals surface area (Å²) in [5.41, 5.74) is 3.05. The number of likely N-dealkylation sites (N-methyl/N-ethyl adjacent to an activating group) is 1. The largest absolute Gasteiger partial charge is 0.336 e. The number of rotatable bonds is 6. The average Bonchev–Trinajstić information content (AvgIpc) is 3.05. The predicted octanol–water partition coefficient (Wildman–Crippen LogP) is 1.78. The lowest BCUT2D eigenvalue weighted by atomic mass is 9.95. The molecule has 1 aromatic rings. The smallest absolute Gasteiger partial charge is 0.274 e. The maximum atomic E-state index is 13.0. The standard InChI is InChI=1S/C19H33N5O/c1-22(2)11-7-12-23(3)15-8-6-13-24(14-15)19(25)18-16-9-4-5-10-17(16)20-21-18/h15H,4-14H2,1-3H3,(H,20,21). The van der Waals surface area contributed by atoms with Gasteiger partial charge in [0.25, 0.3) is 5.91 Å². The fourth-order valence-corrected chi connectivity index (χ4v) is 4.13. The molecular formula is C19H33N5O. The molecular weight excluding hydrogens is 314 g/mol. The Hall–Kier alpha value is -1.40. The van der Waals surface area contributed by atoms with E-state index in [1.165, 1.54) is 36.9 Å². The van der Waals surface area contributed by atoms with Gasteiger partial charge in [0.05, 0.1) is 0 Å². The number of likely N-dealkylation sites (tertiary alicyclic amines) is 1. The molecule has 1 aliphatic heterocycles. The van der Waals surface area contributed by atoms with Crippen LogP contribution >= 0.6 is 0 Å². The molecule has 2 aliphatic rings. The van der Waals surface area contributed by atoms with Gasteiger partial charge in [-0.3, -0.25) is 9.89 Å². The van der Waals surface area contributed by atoms with Crippen LogP contribution in [0.15, 0.2) is 0 Å². The molecule has 0 aromatic carbocycles. The summed E-state index contributed by atoms with van der Waals surface area (Å²) < 4.78 is 0. The fourth-order valence-electron chi connectivity index (χ4n) is 4.13. The van der Waals surface area contributed by atoms with Crippen molar-refractivity contribution in [3.05, 3.63) is 17.0 Å². The van der Waals surface area contributed by atoms with Gasteiger partial charge < -0.3 is 14.7 Å². The summed E-state index contributed by atoms with van der Waals surface area (Å²) in [4.78, 5) is 19.7. The van der Waals surface area contributed by atoms with Gasteiger partial charge in [-0.25, -0.2) is 0 Å². The number of hydrogen-bond acceptors (Lipinski definition) is 4. The van der Waals surface area contributed by atoms with Crippen molar-refractivity contribution in [1.29, 1.82) is 0 Å². The quantitative estimate of drug-likeness (QED) is 0.852. The van der Waals surface area contributed by atoms with Crippen molar-refractivity contribution in [3.8, 4) is 0 Å². The van der Waals surface area contributed by atoms with Crippen LogP contribution in [-0.2, 0) is 12.8 Å². The fraction of sp³-hybridized carbons (Fsp3) is 0.789. The second-order valence-corrected chi connectivity index (χ2v) is 7.92. The molecule has 3 rings (SSSR count). The van der Waals surface area contributed by atoms with Crippen LogP contribution in [0.1, 0.15) is 53.8 Å². The van der Waals surface area contributed by atoms with E-state index in [-0.39, 0.29) is 5.91 Å². The van der Waals surface area contributed by atoms with Crippen molar-refractivity contribution in [1.82, 2.24) is 24.9 Å². The van der Waals surface area contributed by atoms with Crippen molar-refractivity contribution in [3.63, 3.8) is 0 Å². The molecule has 140 valence electrons. The molecule has 1 N–H and O–H groups in total. The monoisotopic (exact) mass is 347 g/mol. The number of nitrogens with one attached hydrogen (secondary N) is 1. The third kappa shape index (κ3) is 4.42. The topological polar surface area (TPSA) is 55.5 Å². The third-order valence-electron chi connectivity index (χ3n) is 5.68. The minimum Gasteiger partial charge on any atom is -0.336 e. The molecule has 1 aromatic heterocycles. The van der Waals surface area contributed by atoms with Gasteiger partial charge in [-0.1, -0.05) is 0 Å². The van der Waals surface area contributed by atoms with E-state index in [1.807, 2.05) is 4.90 Å². The molecule has 6 nitrogen and oxygen atoms in total. The first kappa shape index (κ1) is 18.4. The highest BCUT2D eigenvalue weighted by Gasteiger charge is 2.30. The van der Waals surface area contributed by atoms with Gasteiger partial charge in [0.1, 0.15) is 0 Å². The molecule has 1 amide bonds. The van der Waals surface area contributed by atoms with Gasteiger partial charge in [0.15, 0.2) is 5.69 Å². The molecule has 1 fully saturated rings. The molecule has 1 unspecified atom stereocenters. The molecule has 2 heterocycles. The van der Waals surface area contributed by atoms with Gasteiger partial charge in [-0.05, 0) is 79.2 Å². The number of aromatic amines is 1. The first-order valence-electron chi connectivity index (χ1n) is 9.76. The Kier molecular flexibility index (Phi) is 6.12. The van der Waals surface area contributed by atoms with E-state index in [9.17, 15) is 4.79 Å². The van der Waals surface area contributed by atoms with Crippen molar-refractivity contribution in [2.75, 3.05) is 47.3 Å². The number of fused-ring (bicyclic) bond motifs is 1. The van der Waals surface area contributed by atoms with E-state index < -0.39 is 0 Å². The SMILES string of the molecule is CN(C)CCCN(C)C1CCCN(C(=O)c2n[nH]c3c2CCCC3)C1. The molecule has 6 heteroatoms. The molecule has 0 bridgehead atoms. The Bertz CT molecular complexity index is 582. The summed E-state index contributed by atoms with van der Waals surface area (Å²) in [5.74, 6) is 0.130. The number of aromatic nitrogens is 2. The molecule has 0 saturated carbocycles. The molecule has 0 spiro atoms. The van der Waals surface area contributed by atoms with E-state index >= 15 is 0 Å². The molecule has 25 heavy (non-hydrogen) atoms. The van der Waals surface area contributed by atoms with Gasteiger partial charge in [0, 0.05) is 30.4 Å². The van der Waals surface area contributed by atoms with Crippen LogP contribution < -0.4 is 0 Å². The lowest BCUT2D eigenvalue weighted by molar-refractivity contribution is 0.0600. The highest BCUT2D eigenvalue weighted by molar-refractivity contribution is 5.94. The number of piperidine rings is 1. The normalized spacial score (nSPS) is 21.0. The highest BCUT2D eigenvalue weighted by atomic mass is 16.2. The van der Waals surface area contributed by atoms with E-state index in [0.29, 0.717) is 11.7 Å². The lowest BCUT2D eigenvalue weighted by Crippen LogP contribution is -2.49. The van der Waals surface area contributed by atoms with Crippen LogP contribution in [0.5, 0.6) is 0 Å². The van der Waals surface area contributed by atoms with E-state index in [4.69, 9.17) is 0 Å². The minimum atomic E-state index is 0.130. The number of carbonyl (C=O) groups is 1.